The average molecular weight is 236 g/mol. The first kappa shape index (κ1) is 15.3. The molecule has 0 aliphatic rings. The van der Waals surface area contributed by atoms with E-state index in [9.17, 15) is 20.1 Å². The minimum absolute atomic E-state index is 0.335. The van der Waals surface area contributed by atoms with Crippen LogP contribution in [0.15, 0.2) is 0 Å². The van der Waals surface area contributed by atoms with Crippen molar-refractivity contribution in [3.8, 4) is 0 Å². The van der Waals surface area contributed by atoms with Gasteiger partial charge in [-0.05, 0) is 27.7 Å². The first-order valence-electron chi connectivity index (χ1n) is 5.15. The summed E-state index contributed by atoms with van der Waals surface area (Å²) < 4.78 is 9.50. The van der Waals surface area contributed by atoms with Crippen LogP contribution in [-0.2, 0) is 14.3 Å². The lowest BCUT2D eigenvalue weighted by molar-refractivity contribution is -0.212. The van der Waals surface area contributed by atoms with E-state index in [1.807, 2.05) is 0 Å². The Labute approximate surface area is 94.8 Å². The van der Waals surface area contributed by atoms with Gasteiger partial charge in [0.2, 0.25) is 0 Å². The monoisotopic (exact) mass is 236 g/mol. The first-order chi connectivity index (χ1) is 7.25. The molecule has 0 rings (SSSR count). The van der Waals surface area contributed by atoms with Gasteiger partial charge in [-0.2, -0.15) is 0 Å². The number of esters is 1. The number of rotatable bonds is 6. The van der Waals surface area contributed by atoms with Crippen molar-refractivity contribution >= 4 is 5.97 Å². The Morgan fingerprint density at radius 3 is 1.88 bits per heavy atom. The lowest BCUT2D eigenvalue weighted by Gasteiger charge is -2.23. The Kier molecular flexibility index (Phi) is 6.51. The molecule has 0 fully saturated rings. The normalized spacial score (nSPS) is 17.3. The van der Waals surface area contributed by atoms with Crippen molar-refractivity contribution in [1.82, 2.24) is 0 Å². The first-order valence-corrected chi connectivity index (χ1v) is 5.15. The molecule has 0 aromatic rings. The van der Waals surface area contributed by atoms with Crippen LogP contribution in [0.4, 0.5) is 0 Å². The van der Waals surface area contributed by atoms with E-state index in [0.29, 0.717) is 0 Å². The summed E-state index contributed by atoms with van der Waals surface area (Å²) in [6.07, 6.45) is -5.92. The van der Waals surface area contributed by atoms with Crippen LogP contribution in [0, 0.1) is 0 Å². The molecule has 6 nitrogen and oxygen atoms in total. The zero-order valence-electron chi connectivity index (χ0n) is 9.95. The maximum atomic E-state index is 11.2. The van der Waals surface area contributed by atoms with Crippen LogP contribution in [0.1, 0.15) is 27.7 Å². The van der Waals surface area contributed by atoms with Gasteiger partial charge in [0.15, 0.2) is 12.4 Å². The largest absolute Gasteiger partial charge is 0.461 e. The molecule has 0 amide bonds. The van der Waals surface area contributed by atoms with Crippen LogP contribution in [0.25, 0.3) is 0 Å². The summed E-state index contributed by atoms with van der Waals surface area (Å²) in [7, 11) is 0. The third-order valence-electron chi connectivity index (χ3n) is 1.62. The van der Waals surface area contributed by atoms with Crippen LogP contribution in [0.5, 0.6) is 0 Å². The summed E-state index contributed by atoms with van der Waals surface area (Å²) in [6, 6.07) is 0. The molecule has 0 spiro atoms. The van der Waals surface area contributed by atoms with E-state index in [2.05, 4.69) is 4.74 Å². The maximum absolute atomic E-state index is 11.2. The molecule has 16 heavy (non-hydrogen) atoms. The van der Waals surface area contributed by atoms with Crippen molar-refractivity contribution in [1.29, 1.82) is 0 Å². The van der Waals surface area contributed by atoms with E-state index in [4.69, 9.17) is 4.74 Å². The minimum Gasteiger partial charge on any atom is -0.461 e. The van der Waals surface area contributed by atoms with E-state index < -0.39 is 30.6 Å². The van der Waals surface area contributed by atoms with E-state index in [-0.39, 0.29) is 6.10 Å². The summed E-state index contributed by atoms with van der Waals surface area (Å²) in [5.41, 5.74) is 0. The molecule has 0 saturated carbocycles. The van der Waals surface area contributed by atoms with Crippen LogP contribution in [-0.4, -0.2) is 52.0 Å². The molecule has 0 aliphatic carbocycles. The average Bonchev–Trinajstić information content (AvgIpc) is 2.13. The zero-order chi connectivity index (χ0) is 12.9. The zero-order valence-corrected chi connectivity index (χ0v) is 9.95. The predicted molar refractivity (Wildman–Crippen MR) is 55.5 cm³/mol. The molecule has 1 unspecified atom stereocenters. The quantitative estimate of drug-likeness (QED) is 0.421. The summed E-state index contributed by atoms with van der Waals surface area (Å²) >= 11 is 0. The van der Waals surface area contributed by atoms with E-state index in [0.717, 1.165) is 0 Å². The fraction of sp³-hybridized carbons (Fsp3) is 0.900. The van der Waals surface area contributed by atoms with Gasteiger partial charge in [-0.25, -0.2) is 4.79 Å². The minimum atomic E-state index is -1.82. The SMILES string of the molecule is CC(C)OC(=O)[C@@H](O)[C@H](O)C(O)OC(C)C. The Morgan fingerprint density at radius 2 is 1.50 bits per heavy atom. The lowest BCUT2D eigenvalue weighted by atomic mass is 10.2. The molecule has 0 aliphatic heterocycles. The number of hydrogen-bond donors (Lipinski definition) is 3. The summed E-state index contributed by atoms with van der Waals surface area (Å²) in [4.78, 5) is 11.2. The van der Waals surface area contributed by atoms with Crippen LogP contribution >= 0.6 is 0 Å². The number of carbonyl (C=O) groups excluding carboxylic acids is 1. The Bertz CT molecular complexity index is 215. The second kappa shape index (κ2) is 6.80. The molecule has 0 aromatic heterocycles. The molecule has 0 aromatic carbocycles. The van der Waals surface area contributed by atoms with Crippen molar-refractivity contribution in [2.45, 2.75) is 58.4 Å². The van der Waals surface area contributed by atoms with Crippen LogP contribution < -0.4 is 0 Å². The van der Waals surface area contributed by atoms with Crippen molar-refractivity contribution in [3.63, 3.8) is 0 Å². The highest BCUT2D eigenvalue weighted by atomic mass is 16.6. The van der Waals surface area contributed by atoms with Crippen molar-refractivity contribution < 1.29 is 29.6 Å². The number of hydrogen-bond acceptors (Lipinski definition) is 6. The van der Waals surface area contributed by atoms with Crippen molar-refractivity contribution in [2.75, 3.05) is 0 Å². The van der Waals surface area contributed by atoms with Crippen LogP contribution in [0.2, 0.25) is 0 Å². The van der Waals surface area contributed by atoms with Crippen molar-refractivity contribution in [2.24, 2.45) is 0 Å². The number of aliphatic hydroxyl groups excluding tert-OH is 3. The van der Waals surface area contributed by atoms with Gasteiger partial charge in [0, 0.05) is 0 Å². The lowest BCUT2D eigenvalue weighted by Crippen LogP contribution is -2.45. The smallest absolute Gasteiger partial charge is 0.338 e. The molecular formula is C10H20O6. The fourth-order valence-electron chi connectivity index (χ4n) is 0.957. The predicted octanol–water partition coefficient (Wildman–Crippen LogP) is -0.597. The van der Waals surface area contributed by atoms with Gasteiger partial charge >= 0.3 is 5.97 Å². The van der Waals surface area contributed by atoms with E-state index >= 15 is 0 Å². The molecule has 0 radical (unpaired) electrons. The topological polar surface area (TPSA) is 96.2 Å². The highest BCUT2D eigenvalue weighted by Gasteiger charge is 2.33. The van der Waals surface area contributed by atoms with Gasteiger partial charge in [-0.3, -0.25) is 0 Å². The van der Waals surface area contributed by atoms with Gasteiger partial charge in [0.1, 0.15) is 6.10 Å². The third kappa shape index (κ3) is 5.41. The molecule has 0 heterocycles. The van der Waals surface area contributed by atoms with Crippen LogP contribution in [0.3, 0.4) is 0 Å². The number of carbonyl (C=O) groups is 1. The fourth-order valence-corrected chi connectivity index (χ4v) is 0.957. The van der Waals surface area contributed by atoms with Crippen molar-refractivity contribution in [3.05, 3.63) is 0 Å². The second-order valence-corrected chi connectivity index (χ2v) is 4.00. The molecule has 3 atom stereocenters. The van der Waals surface area contributed by atoms with E-state index in [1.54, 1.807) is 27.7 Å². The highest BCUT2D eigenvalue weighted by molar-refractivity contribution is 5.75. The second-order valence-electron chi connectivity index (χ2n) is 4.00. The molecule has 3 N–H and O–H groups in total. The standard InChI is InChI=1S/C10H20O6/c1-5(2)15-9(13)7(11)8(12)10(14)16-6(3)4/h5-9,11-13H,1-4H3/t7-,8-,9?/m0/s1. The number of ether oxygens (including phenoxy) is 2. The van der Waals surface area contributed by atoms with Gasteiger partial charge in [0.25, 0.3) is 0 Å². The summed E-state index contributed by atoms with van der Waals surface area (Å²) in [5.74, 6) is -0.992. The van der Waals surface area contributed by atoms with Gasteiger partial charge in [0.05, 0.1) is 12.2 Å². The molecule has 6 heteroatoms. The molecular weight excluding hydrogens is 216 g/mol. The Morgan fingerprint density at radius 1 is 1.00 bits per heavy atom. The number of aliphatic hydroxyl groups is 3. The Hall–Kier alpha value is -0.690. The molecule has 96 valence electrons. The molecule has 0 bridgehead atoms. The van der Waals surface area contributed by atoms with E-state index in [1.165, 1.54) is 0 Å². The van der Waals surface area contributed by atoms with Gasteiger partial charge in [-0.15, -0.1) is 0 Å². The van der Waals surface area contributed by atoms with Gasteiger partial charge < -0.3 is 24.8 Å². The summed E-state index contributed by atoms with van der Waals surface area (Å²) in [6.45, 7) is 6.51. The Balaban J connectivity index is 4.25. The maximum Gasteiger partial charge on any atom is 0.338 e. The molecule has 0 saturated heterocycles. The highest BCUT2D eigenvalue weighted by Crippen LogP contribution is 2.07. The van der Waals surface area contributed by atoms with Gasteiger partial charge in [-0.1, -0.05) is 0 Å². The summed E-state index contributed by atoms with van der Waals surface area (Å²) in [5, 5.41) is 28.0. The third-order valence-corrected chi connectivity index (χ3v) is 1.62.